The molecule has 7 heteroatoms. The van der Waals surface area contributed by atoms with Gasteiger partial charge in [-0.3, -0.25) is 4.79 Å². The second-order valence-corrected chi connectivity index (χ2v) is 7.44. The Kier molecular flexibility index (Phi) is 3.82. The van der Waals surface area contributed by atoms with E-state index in [0.717, 1.165) is 19.7 Å². The number of aromatic nitrogens is 3. The Morgan fingerprint density at radius 2 is 2.04 bits per heavy atom. The Morgan fingerprint density at radius 1 is 1.25 bits per heavy atom. The van der Waals surface area contributed by atoms with Crippen LogP contribution in [0.3, 0.4) is 0 Å². The van der Waals surface area contributed by atoms with Gasteiger partial charge in [-0.05, 0) is 36.8 Å². The smallest absolute Gasteiger partial charge is 0.294 e. The molecule has 0 aliphatic heterocycles. The lowest BCUT2D eigenvalue weighted by atomic mass is 10.2. The van der Waals surface area contributed by atoms with Gasteiger partial charge in [-0.1, -0.05) is 28.1 Å². The normalized spacial score (nSPS) is 11.2. The Labute approximate surface area is 149 Å². The second kappa shape index (κ2) is 5.99. The van der Waals surface area contributed by atoms with Crippen LogP contribution < -0.4 is 5.56 Å². The van der Waals surface area contributed by atoms with E-state index in [4.69, 9.17) is 4.42 Å². The third-order valence-electron chi connectivity index (χ3n) is 3.61. The largest absolute Gasteiger partial charge is 0.463 e. The predicted octanol–water partition coefficient (Wildman–Crippen LogP) is 4.23. The van der Waals surface area contributed by atoms with Crippen molar-refractivity contribution in [3.8, 4) is 11.5 Å². The summed E-state index contributed by atoms with van der Waals surface area (Å²) in [5.74, 6) is 0.633. The summed E-state index contributed by atoms with van der Waals surface area (Å²) >= 11 is 4.87. The van der Waals surface area contributed by atoms with Gasteiger partial charge >= 0.3 is 0 Å². The van der Waals surface area contributed by atoms with Gasteiger partial charge in [0.2, 0.25) is 0 Å². The summed E-state index contributed by atoms with van der Waals surface area (Å²) in [6, 6.07) is 11.5. The lowest BCUT2D eigenvalue weighted by Crippen LogP contribution is -2.24. The molecule has 1 aromatic carbocycles. The number of rotatable bonds is 3. The van der Waals surface area contributed by atoms with E-state index in [1.165, 1.54) is 16.0 Å². The average molecular weight is 402 g/mol. The van der Waals surface area contributed by atoms with Crippen molar-refractivity contribution in [2.75, 3.05) is 0 Å². The summed E-state index contributed by atoms with van der Waals surface area (Å²) in [6.07, 6.45) is 1.60. The molecule has 0 aliphatic rings. The van der Waals surface area contributed by atoms with Gasteiger partial charge in [0.15, 0.2) is 11.3 Å². The highest BCUT2D eigenvalue weighted by Crippen LogP contribution is 2.29. The molecule has 0 radical (unpaired) electrons. The van der Waals surface area contributed by atoms with E-state index < -0.39 is 0 Å². The van der Waals surface area contributed by atoms with Crippen LogP contribution >= 0.6 is 27.3 Å². The zero-order valence-corrected chi connectivity index (χ0v) is 15.1. The number of thiazole rings is 1. The molecule has 0 fully saturated rings. The molecule has 5 nitrogen and oxygen atoms in total. The topological polar surface area (TPSA) is 60.9 Å². The summed E-state index contributed by atoms with van der Waals surface area (Å²) in [5, 5.41) is 5.37. The van der Waals surface area contributed by atoms with Crippen LogP contribution in [0.4, 0.5) is 0 Å². The highest BCUT2D eigenvalue weighted by Gasteiger charge is 2.18. The van der Waals surface area contributed by atoms with Crippen molar-refractivity contribution in [2.45, 2.75) is 13.5 Å². The number of hydrogen-bond donors (Lipinski definition) is 0. The molecule has 0 saturated heterocycles. The number of fused-ring (bicyclic) bond motifs is 1. The Morgan fingerprint density at radius 3 is 2.75 bits per heavy atom. The Balaban J connectivity index is 1.91. The first-order valence-electron chi connectivity index (χ1n) is 7.28. The van der Waals surface area contributed by atoms with E-state index in [1.54, 1.807) is 12.3 Å². The lowest BCUT2D eigenvalue weighted by Gasteiger charge is -2.07. The van der Waals surface area contributed by atoms with Crippen LogP contribution in [0.2, 0.25) is 0 Å². The quantitative estimate of drug-likeness (QED) is 0.515. The van der Waals surface area contributed by atoms with Gasteiger partial charge in [-0.15, -0.1) is 11.3 Å². The van der Waals surface area contributed by atoms with Gasteiger partial charge in [0.25, 0.3) is 5.56 Å². The molecular formula is C17H12BrN3O2S. The maximum atomic E-state index is 12.7. The summed E-state index contributed by atoms with van der Waals surface area (Å²) < 4.78 is 8.70. The molecule has 3 aromatic heterocycles. The highest BCUT2D eigenvalue weighted by molar-refractivity contribution is 9.10. The van der Waals surface area contributed by atoms with Crippen LogP contribution in [0.5, 0.6) is 0 Å². The molecule has 0 bridgehead atoms. The molecular weight excluding hydrogens is 390 g/mol. The molecule has 0 spiro atoms. The van der Waals surface area contributed by atoms with Crippen molar-refractivity contribution in [2.24, 2.45) is 0 Å². The second-order valence-electron chi connectivity index (χ2n) is 5.33. The van der Waals surface area contributed by atoms with Crippen molar-refractivity contribution < 1.29 is 4.42 Å². The lowest BCUT2D eigenvalue weighted by molar-refractivity contribution is 0.571. The summed E-state index contributed by atoms with van der Waals surface area (Å²) in [7, 11) is 0. The molecule has 0 N–H and O–H groups in total. The van der Waals surface area contributed by atoms with Gasteiger partial charge in [-0.2, -0.15) is 5.10 Å². The fourth-order valence-electron chi connectivity index (χ4n) is 2.51. The van der Waals surface area contributed by atoms with Crippen molar-refractivity contribution in [3.05, 3.63) is 68.1 Å². The van der Waals surface area contributed by atoms with Crippen LogP contribution in [0.1, 0.15) is 10.6 Å². The highest BCUT2D eigenvalue weighted by atomic mass is 79.9. The van der Waals surface area contributed by atoms with Crippen LogP contribution in [0.15, 0.2) is 56.3 Å². The number of halogens is 1. The van der Waals surface area contributed by atoms with Gasteiger partial charge in [0, 0.05) is 4.47 Å². The molecule has 120 valence electrons. The van der Waals surface area contributed by atoms with Crippen molar-refractivity contribution in [1.82, 2.24) is 14.8 Å². The van der Waals surface area contributed by atoms with Crippen LogP contribution in [0, 0.1) is 6.92 Å². The fraction of sp³-hybridized carbons (Fsp3) is 0.118. The van der Waals surface area contributed by atoms with E-state index in [0.29, 0.717) is 23.5 Å². The third kappa shape index (κ3) is 2.70. The van der Waals surface area contributed by atoms with Crippen molar-refractivity contribution in [1.29, 1.82) is 0 Å². The minimum atomic E-state index is -0.187. The minimum Gasteiger partial charge on any atom is -0.463 e. The fourth-order valence-corrected chi connectivity index (χ4v) is 3.68. The van der Waals surface area contributed by atoms with Crippen molar-refractivity contribution in [3.63, 3.8) is 0 Å². The first-order valence-corrected chi connectivity index (χ1v) is 8.89. The summed E-state index contributed by atoms with van der Waals surface area (Å²) in [4.78, 5) is 17.1. The van der Waals surface area contributed by atoms with E-state index in [2.05, 4.69) is 26.0 Å². The number of aryl methyl sites for hydroxylation is 1. The Hall–Kier alpha value is -2.25. The molecule has 0 aliphatic carbocycles. The molecule has 3 heterocycles. The molecule has 4 aromatic rings. The predicted molar refractivity (Wildman–Crippen MR) is 97.4 cm³/mol. The Bertz CT molecular complexity index is 1070. The molecule has 0 amide bonds. The molecule has 24 heavy (non-hydrogen) atoms. The zero-order chi connectivity index (χ0) is 16.7. The monoisotopic (exact) mass is 401 g/mol. The van der Waals surface area contributed by atoms with E-state index in [1.807, 2.05) is 37.3 Å². The maximum Gasteiger partial charge on any atom is 0.294 e. The first-order chi connectivity index (χ1) is 11.6. The molecule has 0 unspecified atom stereocenters. The number of nitrogens with zero attached hydrogens (tertiary/aromatic N) is 3. The summed E-state index contributed by atoms with van der Waals surface area (Å²) in [5.41, 5.74) is 1.89. The number of furan rings is 1. The standard InChI is InChI=1S/C17H12BrN3O2S/c1-10-19-15-16(24-10)14(13-3-2-8-23-13)20-21(17(15)22)9-11-4-6-12(18)7-5-11/h2-8H,9H2,1H3. The molecule has 4 rings (SSSR count). The van der Waals surface area contributed by atoms with Gasteiger partial charge in [0.1, 0.15) is 5.69 Å². The average Bonchev–Trinajstić information content (AvgIpc) is 3.22. The minimum absolute atomic E-state index is 0.187. The third-order valence-corrected chi connectivity index (χ3v) is 5.11. The molecule has 0 saturated carbocycles. The first kappa shape index (κ1) is 15.3. The van der Waals surface area contributed by atoms with Crippen LogP contribution in [-0.4, -0.2) is 14.8 Å². The SMILES string of the molecule is Cc1nc2c(=O)n(Cc3ccc(Br)cc3)nc(-c3ccco3)c2s1. The van der Waals surface area contributed by atoms with E-state index in [9.17, 15) is 4.79 Å². The van der Waals surface area contributed by atoms with Gasteiger partial charge < -0.3 is 4.42 Å². The zero-order valence-electron chi connectivity index (χ0n) is 12.7. The number of benzene rings is 1. The van der Waals surface area contributed by atoms with E-state index in [-0.39, 0.29) is 5.56 Å². The summed E-state index contributed by atoms with van der Waals surface area (Å²) in [6.45, 7) is 2.27. The van der Waals surface area contributed by atoms with Crippen LogP contribution in [0.25, 0.3) is 21.7 Å². The maximum absolute atomic E-state index is 12.7. The van der Waals surface area contributed by atoms with Crippen molar-refractivity contribution >= 4 is 37.5 Å². The molecule has 0 atom stereocenters. The van der Waals surface area contributed by atoms with Gasteiger partial charge in [-0.25, -0.2) is 9.67 Å². The van der Waals surface area contributed by atoms with Gasteiger partial charge in [0.05, 0.1) is 22.5 Å². The number of hydrogen-bond acceptors (Lipinski definition) is 5. The van der Waals surface area contributed by atoms with E-state index >= 15 is 0 Å². The van der Waals surface area contributed by atoms with Crippen LogP contribution in [-0.2, 0) is 6.54 Å².